The minimum Gasteiger partial charge on any atom is -0.379 e. The molecule has 1 atom stereocenters. The molecule has 3 nitrogen and oxygen atoms in total. The molecule has 0 radical (unpaired) electrons. The Morgan fingerprint density at radius 2 is 1.93 bits per heavy atom. The van der Waals surface area contributed by atoms with Crippen molar-refractivity contribution in [2.24, 2.45) is 0 Å². The third kappa shape index (κ3) is 2.79. The SMILES string of the molecule is O=C1CCC(OC2CCCOC2)CC1. The van der Waals surface area contributed by atoms with Crippen LogP contribution in [0.3, 0.4) is 0 Å². The first kappa shape index (κ1) is 10.1. The number of rotatable bonds is 2. The fourth-order valence-electron chi connectivity index (χ4n) is 2.14. The molecular formula is C11H18O3. The van der Waals surface area contributed by atoms with Gasteiger partial charge in [0.2, 0.25) is 0 Å². The molecule has 80 valence electrons. The summed E-state index contributed by atoms with van der Waals surface area (Å²) in [6.07, 6.45) is 6.04. The van der Waals surface area contributed by atoms with E-state index in [2.05, 4.69) is 0 Å². The Morgan fingerprint density at radius 1 is 1.14 bits per heavy atom. The second-order valence-electron chi connectivity index (χ2n) is 4.21. The molecule has 0 aromatic rings. The van der Waals surface area contributed by atoms with Gasteiger partial charge in [0.15, 0.2) is 0 Å². The van der Waals surface area contributed by atoms with Gasteiger partial charge in [-0.05, 0) is 25.7 Å². The lowest BCUT2D eigenvalue weighted by molar-refractivity contribution is -0.127. The summed E-state index contributed by atoms with van der Waals surface area (Å²) >= 11 is 0. The standard InChI is InChI=1S/C11H18O3/c12-9-3-5-10(6-4-9)14-11-2-1-7-13-8-11/h10-11H,1-8H2. The normalized spacial score (nSPS) is 30.6. The summed E-state index contributed by atoms with van der Waals surface area (Å²) in [6.45, 7) is 1.62. The summed E-state index contributed by atoms with van der Waals surface area (Å²) in [5.74, 6) is 0.393. The molecule has 1 aliphatic carbocycles. The van der Waals surface area contributed by atoms with Gasteiger partial charge in [0.1, 0.15) is 5.78 Å². The van der Waals surface area contributed by atoms with Gasteiger partial charge in [-0.15, -0.1) is 0 Å². The zero-order chi connectivity index (χ0) is 9.80. The van der Waals surface area contributed by atoms with E-state index in [1.807, 2.05) is 0 Å². The molecule has 0 amide bonds. The van der Waals surface area contributed by atoms with Gasteiger partial charge in [0, 0.05) is 19.4 Å². The van der Waals surface area contributed by atoms with Crippen LogP contribution in [0.1, 0.15) is 38.5 Å². The van der Waals surface area contributed by atoms with Crippen LogP contribution in [0, 0.1) is 0 Å². The summed E-state index contributed by atoms with van der Waals surface area (Å²) in [4.78, 5) is 11.0. The molecule has 1 aliphatic heterocycles. The second-order valence-corrected chi connectivity index (χ2v) is 4.21. The number of carbonyl (C=O) groups excluding carboxylic acids is 1. The van der Waals surface area contributed by atoms with E-state index in [0.717, 1.165) is 38.9 Å². The molecule has 1 heterocycles. The number of carbonyl (C=O) groups is 1. The first-order valence-corrected chi connectivity index (χ1v) is 5.59. The third-order valence-corrected chi connectivity index (χ3v) is 2.99. The molecule has 0 spiro atoms. The van der Waals surface area contributed by atoms with Crippen LogP contribution in [0.4, 0.5) is 0 Å². The minimum atomic E-state index is 0.280. The molecule has 1 unspecified atom stereocenters. The lowest BCUT2D eigenvalue weighted by Crippen LogP contribution is -2.32. The van der Waals surface area contributed by atoms with Crippen molar-refractivity contribution in [2.75, 3.05) is 13.2 Å². The molecule has 2 fully saturated rings. The van der Waals surface area contributed by atoms with E-state index in [9.17, 15) is 4.79 Å². The number of Topliss-reactive ketones (excluding diaryl/α,β-unsaturated/α-hetero) is 1. The number of hydrogen-bond donors (Lipinski definition) is 0. The highest BCUT2D eigenvalue weighted by molar-refractivity contribution is 5.79. The first-order chi connectivity index (χ1) is 6.84. The predicted molar refractivity (Wildman–Crippen MR) is 52.2 cm³/mol. The highest BCUT2D eigenvalue weighted by Crippen LogP contribution is 2.21. The number of ether oxygens (including phenoxy) is 2. The average Bonchev–Trinajstić information content (AvgIpc) is 2.23. The molecule has 0 N–H and O–H groups in total. The Labute approximate surface area is 84.8 Å². The van der Waals surface area contributed by atoms with E-state index in [-0.39, 0.29) is 6.10 Å². The predicted octanol–water partition coefficient (Wildman–Crippen LogP) is 1.69. The first-order valence-electron chi connectivity index (χ1n) is 5.59. The highest BCUT2D eigenvalue weighted by Gasteiger charge is 2.23. The number of ketones is 1. The maximum Gasteiger partial charge on any atom is 0.133 e. The Hall–Kier alpha value is -0.410. The van der Waals surface area contributed by atoms with Crippen LogP contribution < -0.4 is 0 Å². The fourth-order valence-corrected chi connectivity index (χ4v) is 2.14. The van der Waals surface area contributed by atoms with E-state index >= 15 is 0 Å². The van der Waals surface area contributed by atoms with Crippen LogP contribution in [-0.2, 0) is 14.3 Å². The summed E-state index contributed by atoms with van der Waals surface area (Å²) < 4.78 is 11.3. The summed E-state index contributed by atoms with van der Waals surface area (Å²) in [5.41, 5.74) is 0. The lowest BCUT2D eigenvalue weighted by Gasteiger charge is -2.29. The van der Waals surface area contributed by atoms with Gasteiger partial charge in [0.25, 0.3) is 0 Å². The van der Waals surface area contributed by atoms with Gasteiger partial charge in [-0.25, -0.2) is 0 Å². The van der Waals surface area contributed by atoms with Gasteiger partial charge >= 0.3 is 0 Å². The fraction of sp³-hybridized carbons (Fsp3) is 0.909. The van der Waals surface area contributed by atoms with Crippen LogP contribution in [-0.4, -0.2) is 31.2 Å². The lowest BCUT2D eigenvalue weighted by atomic mass is 9.96. The second kappa shape index (κ2) is 4.89. The molecule has 1 saturated carbocycles. The van der Waals surface area contributed by atoms with Crippen LogP contribution in [0.25, 0.3) is 0 Å². The van der Waals surface area contributed by atoms with E-state index in [0.29, 0.717) is 24.7 Å². The molecule has 0 aromatic heterocycles. The van der Waals surface area contributed by atoms with Crippen molar-refractivity contribution in [2.45, 2.75) is 50.7 Å². The van der Waals surface area contributed by atoms with Crippen molar-refractivity contribution in [3.8, 4) is 0 Å². The van der Waals surface area contributed by atoms with Gasteiger partial charge in [-0.2, -0.15) is 0 Å². The number of hydrogen-bond acceptors (Lipinski definition) is 3. The van der Waals surface area contributed by atoms with Crippen LogP contribution in [0.2, 0.25) is 0 Å². The minimum absolute atomic E-state index is 0.280. The van der Waals surface area contributed by atoms with Crippen molar-refractivity contribution in [1.82, 2.24) is 0 Å². The van der Waals surface area contributed by atoms with Gasteiger partial charge in [0.05, 0.1) is 18.8 Å². The van der Waals surface area contributed by atoms with E-state index in [1.54, 1.807) is 0 Å². The monoisotopic (exact) mass is 198 g/mol. The van der Waals surface area contributed by atoms with Crippen molar-refractivity contribution < 1.29 is 14.3 Å². The van der Waals surface area contributed by atoms with Crippen molar-refractivity contribution >= 4 is 5.78 Å². The van der Waals surface area contributed by atoms with E-state index in [4.69, 9.17) is 9.47 Å². The molecule has 1 saturated heterocycles. The molecule has 14 heavy (non-hydrogen) atoms. The third-order valence-electron chi connectivity index (χ3n) is 2.99. The summed E-state index contributed by atoms with van der Waals surface area (Å²) in [6, 6.07) is 0. The van der Waals surface area contributed by atoms with Crippen LogP contribution >= 0.6 is 0 Å². The zero-order valence-corrected chi connectivity index (χ0v) is 8.54. The van der Waals surface area contributed by atoms with Crippen molar-refractivity contribution in [1.29, 1.82) is 0 Å². The smallest absolute Gasteiger partial charge is 0.133 e. The Kier molecular flexibility index (Phi) is 3.54. The van der Waals surface area contributed by atoms with Gasteiger partial charge in [-0.1, -0.05) is 0 Å². The summed E-state index contributed by atoms with van der Waals surface area (Å²) in [7, 11) is 0. The maximum absolute atomic E-state index is 11.0. The molecule has 0 bridgehead atoms. The average molecular weight is 198 g/mol. The van der Waals surface area contributed by atoms with Crippen LogP contribution in [0.15, 0.2) is 0 Å². The van der Waals surface area contributed by atoms with Crippen molar-refractivity contribution in [3.05, 3.63) is 0 Å². The summed E-state index contributed by atoms with van der Waals surface area (Å²) in [5, 5.41) is 0. The quantitative estimate of drug-likeness (QED) is 0.677. The largest absolute Gasteiger partial charge is 0.379 e. The van der Waals surface area contributed by atoms with Gasteiger partial charge in [-0.3, -0.25) is 4.79 Å². The van der Waals surface area contributed by atoms with Gasteiger partial charge < -0.3 is 9.47 Å². The molecule has 0 aromatic carbocycles. The molecule has 2 rings (SSSR count). The maximum atomic E-state index is 11.0. The Bertz CT molecular complexity index is 187. The van der Waals surface area contributed by atoms with Crippen molar-refractivity contribution in [3.63, 3.8) is 0 Å². The Balaban J connectivity index is 1.71. The zero-order valence-electron chi connectivity index (χ0n) is 8.54. The van der Waals surface area contributed by atoms with Crippen LogP contribution in [0.5, 0.6) is 0 Å². The van der Waals surface area contributed by atoms with E-state index < -0.39 is 0 Å². The highest BCUT2D eigenvalue weighted by atomic mass is 16.5. The molecule has 2 aliphatic rings. The molecular weight excluding hydrogens is 180 g/mol. The molecule has 3 heteroatoms. The topological polar surface area (TPSA) is 35.5 Å². The Morgan fingerprint density at radius 3 is 2.57 bits per heavy atom. The van der Waals surface area contributed by atoms with E-state index in [1.165, 1.54) is 0 Å².